The van der Waals surface area contributed by atoms with E-state index in [9.17, 15) is 8.42 Å². The van der Waals surface area contributed by atoms with Gasteiger partial charge in [-0.15, -0.1) is 12.4 Å². The van der Waals surface area contributed by atoms with Crippen LogP contribution < -0.4 is 5.73 Å². The first-order valence-corrected chi connectivity index (χ1v) is 9.09. The molecule has 0 saturated carbocycles. The van der Waals surface area contributed by atoms with Crippen molar-refractivity contribution in [2.24, 2.45) is 11.7 Å². The molecule has 2 rings (SSSR count). The van der Waals surface area contributed by atoms with Crippen LogP contribution >= 0.6 is 12.4 Å². The van der Waals surface area contributed by atoms with E-state index < -0.39 is 9.84 Å². The third-order valence-electron chi connectivity index (χ3n) is 3.94. The predicted molar refractivity (Wildman–Crippen MR) is 88.5 cm³/mol. The van der Waals surface area contributed by atoms with E-state index >= 15 is 0 Å². The molecule has 1 fully saturated rings. The van der Waals surface area contributed by atoms with Crippen molar-refractivity contribution in [1.29, 1.82) is 0 Å². The molecule has 1 aromatic carbocycles. The zero-order valence-corrected chi connectivity index (χ0v) is 14.1. The first kappa shape index (κ1) is 18.4. The van der Waals surface area contributed by atoms with Crippen molar-refractivity contribution in [3.8, 4) is 0 Å². The Kier molecular flexibility index (Phi) is 7.13. The summed E-state index contributed by atoms with van der Waals surface area (Å²) in [5, 5.41) is 0. The number of sulfone groups is 1. The fourth-order valence-electron chi connectivity index (χ4n) is 2.87. The molecule has 1 heterocycles. The van der Waals surface area contributed by atoms with Gasteiger partial charge in [0.1, 0.15) is 0 Å². The molecular formula is C15H25ClN2O2S. The summed E-state index contributed by atoms with van der Waals surface area (Å²) in [4.78, 5) is 2.83. The lowest BCUT2D eigenvalue weighted by Crippen LogP contribution is -2.35. The van der Waals surface area contributed by atoms with Crippen LogP contribution in [0.5, 0.6) is 0 Å². The Morgan fingerprint density at radius 1 is 1.29 bits per heavy atom. The van der Waals surface area contributed by atoms with Gasteiger partial charge in [0.25, 0.3) is 0 Å². The minimum atomic E-state index is -3.10. The quantitative estimate of drug-likeness (QED) is 0.896. The van der Waals surface area contributed by atoms with Crippen molar-refractivity contribution in [1.82, 2.24) is 4.90 Å². The third-order valence-corrected chi connectivity index (χ3v) is 5.06. The van der Waals surface area contributed by atoms with E-state index in [-0.39, 0.29) is 12.4 Å². The second-order valence-corrected chi connectivity index (χ2v) is 7.75. The Morgan fingerprint density at radius 3 is 2.52 bits per heavy atom. The summed E-state index contributed by atoms with van der Waals surface area (Å²) >= 11 is 0. The lowest BCUT2D eigenvalue weighted by atomic mass is 9.94. The molecule has 1 saturated heterocycles. The highest BCUT2D eigenvalue weighted by Crippen LogP contribution is 2.21. The number of nitrogens with zero attached hydrogens (tertiary/aromatic N) is 1. The summed E-state index contributed by atoms with van der Waals surface area (Å²) in [5.74, 6) is 0.712. The Morgan fingerprint density at radius 2 is 1.95 bits per heavy atom. The molecule has 0 bridgehead atoms. The van der Waals surface area contributed by atoms with Crippen LogP contribution in [0.3, 0.4) is 0 Å². The van der Waals surface area contributed by atoms with Crippen LogP contribution in [0.1, 0.15) is 24.8 Å². The highest BCUT2D eigenvalue weighted by atomic mass is 35.5. The SMILES string of the molecule is CS(=O)(=O)c1ccc(CN2CCCC(CCN)C2)cc1.Cl. The summed E-state index contributed by atoms with van der Waals surface area (Å²) < 4.78 is 22.9. The number of benzene rings is 1. The van der Waals surface area contributed by atoms with Crippen molar-refractivity contribution in [2.45, 2.75) is 30.7 Å². The van der Waals surface area contributed by atoms with Crippen LogP contribution in [-0.4, -0.2) is 39.2 Å². The molecule has 1 atom stereocenters. The molecule has 0 spiro atoms. The van der Waals surface area contributed by atoms with Gasteiger partial charge in [0.15, 0.2) is 9.84 Å². The topological polar surface area (TPSA) is 63.4 Å². The van der Waals surface area contributed by atoms with Gasteiger partial charge in [-0.2, -0.15) is 0 Å². The summed E-state index contributed by atoms with van der Waals surface area (Å²) in [7, 11) is -3.10. The first-order chi connectivity index (χ1) is 9.49. The smallest absolute Gasteiger partial charge is 0.175 e. The Hall–Kier alpha value is -0.620. The van der Waals surface area contributed by atoms with Crippen molar-refractivity contribution < 1.29 is 8.42 Å². The van der Waals surface area contributed by atoms with Crippen molar-refractivity contribution in [3.05, 3.63) is 29.8 Å². The van der Waals surface area contributed by atoms with Gasteiger partial charge in [-0.3, -0.25) is 4.90 Å². The van der Waals surface area contributed by atoms with Crippen LogP contribution in [0.15, 0.2) is 29.2 Å². The molecule has 21 heavy (non-hydrogen) atoms. The molecule has 1 aliphatic rings. The molecule has 0 amide bonds. The monoisotopic (exact) mass is 332 g/mol. The highest BCUT2D eigenvalue weighted by molar-refractivity contribution is 7.90. The minimum absolute atomic E-state index is 0. The standard InChI is InChI=1S/C15H24N2O2S.ClH/c1-20(18,19)15-6-4-14(5-7-15)12-17-10-2-3-13(11-17)8-9-16;/h4-7,13H,2-3,8-12,16H2,1H3;1H. The summed E-state index contributed by atoms with van der Waals surface area (Å²) in [6, 6.07) is 7.24. The normalized spacial score (nSPS) is 20.0. The zero-order chi connectivity index (χ0) is 14.6. The lowest BCUT2D eigenvalue weighted by molar-refractivity contribution is 0.163. The average molecular weight is 333 g/mol. The van der Waals surface area contributed by atoms with Gasteiger partial charge >= 0.3 is 0 Å². The number of nitrogens with two attached hydrogens (primary N) is 1. The fourth-order valence-corrected chi connectivity index (χ4v) is 3.50. The van der Waals surface area contributed by atoms with E-state index in [2.05, 4.69) is 4.90 Å². The maximum atomic E-state index is 11.4. The van der Waals surface area contributed by atoms with Crippen LogP contribution in [0.25, 0.3) is 0 Å². The van der Waals surface area contributed by atoms with E-state index in [1.807, 2.05) is 12.1 Å². The van der Waals surface area contributed by atoms with Crippen LogP contribution in [-0.2, 0) is 16.4 Å². The predicted octanol–water partition coefficient (Wildman–Crippen LogP) is 2.07. The van der Waals surface area contributed by atoms with Gasteiger partial charge in [-0.05, 0) is 56.0 Å². The number of rotatable bonds is 5. The lowest BCUT2D eigenvalue weighted by Gasteiger charge is -2.32. The van der Waals surface area contributed by atoms with Crippen LogP contribution in [0.4, 0.5) is 0 Å². The first-order valence-electron chi connectivity index (χ1n) is 7.20. The highest BCUT2D eigenvalue weighted by Gasteiger charge is 2.19. The maximum absolute atomic E-state index is 11.4. The van der Waals surface area contributed by atoms with Gasteiger partial charge in [-0.1, -0.05) is 12.1 Å². The van der Waals surface area contributed by atoms with E-state index in [0.29, 0.717) is 10.8 Å². The molecular weight excluding hydrogens is 308 g/mol. The number of piperidine rings is 1. The van der Waals surface area contributed by atoms with Gasteiger partial charge in [0, 0.05) is 19.3 Å². The van der Waals surface area contributed by atoms with Crippen LogP contribution in [0, 0.1) is 5.92 Å². The molecule has 2 N–H and O–H groups in total. The summed E-state index contributed by atoms with van der Waals surface area (Å²) in [6.45, 7) is 3.88. The third kappa shape index (κ3) is 5.58. The molecule has 0 radical (unpaired) electrons. The van der Waals surface area contributed by atoms with Crippen molar-refractivity contribution >= 4 is 22.2 Å². The molecule has 6 heteroatoms. The molecule has 120 valence electrons. The minimum Gasteiger partial charge on any atom is -0.330 e. The number of likely N-dealkylation sites (tertiary alicyclic amines) is 1. The van der Waals surface area contributed by atoms with Gasteiger partial charge in [-0.25, -0.2) is 8.42 Å². The molecule has 4 nitrogen and oxygen atoms in total. The number of halogens is 1. The maximum Gasteiger partial charge on any atom is 0.175 e. The molecule has 0 aromatic heterocycles. The molecule has 0 aliphatic carbocycles. The number of hydrogen-bond acceptors (Lipinski definition) is 4. The van der Waals surface area contributed by atoms with Crippen LogP contribution in [0.2, 0.25) is 0 Å². The summed E-state index contributed by atoms with van der Waals surface area (Å²) in [6.07, 6.45) is 4.85. The number of hydrogen-bond donors (Lipinski definition) is 1. The Labute approximate surface area is 134 Å². The van der Waals surface area contributed by atoms with Crippen molar-refractivity contribution in [2.75, 3.05) is 25.9 Å². The van der Waals surface area contributed by atoms with Gasteiger partial charge in [0.2, 0.25) is 0 Å². The Bertz CT molecular complexity index is 529. The largest absolute Gasteiger partial charge is 0.330 e. The molecule has 1 unspecified atom stereocenters. The van der Waals surface area contributed by atoms with E-state index in [4.69, 9.17) is 5.73 Å². The Balaban J connectivity index is 0.00000220. The van der Waals surface area contributed by atoms with E-state index in [1.165, 1.54) is 24.7 Å². The van der Waals surface area contributed by atoms with Gasteiger partial charge in [0.05, 0.1) is 4.90 Å². The van der Waals surface area contributed by atoms with Gasteiger partial charge < -0.3 is 5.73 Å². The second-order valence-electron chi connectivity index (χ2n) is 5.74. The zero-order valence-electron chi connectivity index (χ0n) is 12.5. The fraction of sp³-hybridized carbons (Fsp3) is 0.600. The van der Waals surface area contributed by atoms with E-state index in [1.54, 1.807) is 12.1 Å². The van der Waals surface area contributed by atoms with Crippen molar-refractivity contribution in [3.63, 3.8) is 0 Å². The average Bonchev–Trinajstić information content (AvgIpc) is 2.39. The molecule has 1 aliphatic heterocycles. The summed E-state index contributed by atoms with van der Waals surface area (Å²) in [5.41, 5.74) is 6.81. The molecule has 1 aromatic rings. The second kappa shape index (κ2) is 8.13. The van der Waals surface area contributed by atoms with E-state index in [0.717, 1.165) is 32.6 Å².